The van der Waals surface area contributed by atoms with E-state index in [2.05, 4.69) is 16.3 Å². The number of nitrogens with one attached hydrogen (secondary N) is 3. The fraction of sp³-hybridized carbons (Fsp3) is 0.500. The van der Waals surface area contributed by atoms with Crippen molar-refractivity contribution in [2.75, 3.05) is 19.7 Å². The van der Waals surface area contributed by atoms with Crippen LogP contribution in [-0.4, -0.2) is 65.8 Å². The van der Waals surface area contributed by atoms with Crippen LogP contribution in [0.5, 0.6) is 0 Å². The SMILES string of the molecule is CC(C)(C)OC(=O)N1C[C@H](NOCc2ccccc2)CC[C@H]1C(O)NOCCNC(=O)OCc1ccccc1. The second-order valence-electron chi connectivity index (χ2n) is 10.3. The standard InChI is InChI=1S/C28H40N4O7/c1-28(2,3)39-27(35)32-18-23(30-38-20-22-12-8-5-9-13-22)14-15-24(32)25(33)31-37-17-16-29-26(34)36-19-21-10-6-4-7-11-21/h4-13,23-25,30-31,33H,14-20H2,1-3H3,(H,29,34)/t23-,24+,25?/m1/s1. The second kappa shape index (κ2) is 15.4. The Labute approximate surface area is 229 Å². The molecule has 0 aliphatic carbocycles. The van der Waals surface area contributed by atoms with Crippen LogP contribution in [0.25, 0.3) is 0 Å². The lowest BCUT2D eigenvalue weighted by atomic mass is 9.98. The van der Waals surface area contributed by atoms with Gasteiger partial charge in [-0.2, -0.15) is 11.0 Å². The van der Waals surface area contributed by atoms with Gasteiger partial charge in [-0.3, -0.25) is 14.6 Å². The monoisotopic (exact) mass is 544 g/mol. The Kier molecular flexibility index (Phi) is 12.0. The molecule has 1 heterocycles. The minimum atomic E-state index is -1.17. The third-order valence-electron chi connectivity index (χ3n) is 5.84. The van der Waals surface area contributed by atoms with Gasteiger partial charge in [0.2, 0.25) is 0 Å². The van der Waals surface area contributed by atoms with Crippen molar-refractivity contribution in [1.82, 2.24) is 21.2 Å². The number of benzene rings is 2. The molecule has 2 amide bonds. The predicted molar refractivity (Wildman–Crippen MR) is 144 cm³/mol. The maximum Gasteiger partial charge on any atom is 0.410 e. The van der Waals surface area contributed by atoms with Gasteiger partial charge in [-0.25, -0.2) is 9.59 Å². The summed E-state index contributed by atoms with van der Waals surface area (Å²) in [5.41, 5.74) is 6.83. The topological polar surface area (TPSA) is 131 Å². The van der Waals surface area contributed by atoms with Crippen molar-refractivity contribution in [3.05, 3.63) is 71.8 Å². The average molecular weight is 545 g/mol. The first-order valence-corrected chi connectivity index (χ1v) is 13.1. The molecule has 214 valence electrons. The van der Waals surface area contributed by atoms with E-state index >= 15 is 0 Å². The van der Waals surface area contributed by atoms with Crippen LogP contribution in [0.4, 0.5) is 9.59 Å². The summed E-state index contributed by atoms with van der Waals surface area (Å²) in [7, 11) is 0. The number of nitrogens with zero attached hydrogens (tertiary/aromatic N) is 1. The number of carbonyl (C=O) groups is 2. The summed E-state index contributed by atoms with van der Waals surface area (Å²) in [6.07, 6.45) is -1.14. The average Bonchev–Trinajstić information content (AvgIpc) is 2.92. The van der Waals surface area contributed by atoms with Crippen molar-refractivity contribution in [2.45, 2.75) is 70.7 Å². The van der Waals surface area contributed by atoms with Gasteiger partial charge in [0.15, 0.2) is 0 Å². The van der Waals surface area contributed by atoms with Crippen molar-refractivity contribution in [3.8, 4) is 0 Å². The molecule has 1 unspecified atom stereocenters. The Morgan fingerprint density at radius 3 is 2.26 bits per heavy atom. The summed E-state index contributed by atoms with van der Waals surface area (Å²) in [4.78, 5) is 37.3. The lowest BCUT2D eigenvalue weighted by Crippen LogP contribution is -2.60. The second-order valence-corrected chi connectivity index (χ2v) is 10.3. The number of alkyl carbamates (subject to hydrolysis) is 1. The molecule has 0 spiro atoms. The number of hydroxylamine groups is 2. The molecule has 1 aliphatic rings. The maximum absolute atomic E-state index is 13.0. The molecule has 3 rings (SSSR count). The highest BCUT2D eigenvalue weighted by atomic mass is 16.7. The first kappa shape index (κ1) is 30.3. The fourth-order valence-corrected chi connectivity index (χ4v) is 3.97. The molecule has 11 nitrogen and oxygen atoms in total. The first-order valence-electron chi connectivity index (χ1n) is 13.1. The Morgan fingerprint density at radius 1 is 0.974 bits per heavy atom. The maximum atomic E-state index is 13.0. The zero-order valence-corrected chi connectivity index (χ0v) is 22.8. The summed E-state index contributed by atoms with van der Waals surface area (Å²) in [5, 5.41) is 13.4. The van der Waals surface area contributed by atoms with E-state index in [-0.39, 0.29) is 32.3 Å². The molecule has 0 radical (unpaired) electrons. The number of amides is 2. The fourth-order valence-electron chi connectivity index (χ4n) is 3.97. The van der Waals surface area contributed by atoms with Gasteiger partial charge >= 0.3 is 12.2 Å². The molecule has 4 N–H and O–H groups in total. The van der Waals surface area contributed by atoms with Crippen LogP contribution < -0.4 is 16.3 Å². The molecule has 39 heavy (non-hydrogen) atoms. The van der Waals surface area contributed by atoms with E-state index in [0.29, 0.717) is 19.4 Å². The highest BCUT2D eigenvalue weighted by molar-refractivity contribution is 5.69. The van der Waals surface area contributed by atoms with Gasteiger partial charge in [-0.1, -0.05) is 60.7 Å². The van der Waals surface area contributed by atoms with E-state index < -0.39 is 30.1 Å². The van der Waals surface area contributed by atoms with E-state index in [9.17, 15) is 14.7 Å². The zero-order valence-electron chi connectivity index (χ0n) is 22.8. The molecule has 2 aromatic rings. The lowest BCUT2D eigenvalue weighted by Gasteiger charge is -2.41. The zero-order chi connectivity index (χ0) is 28.1. The summed E-state index contributed by atoms with van der Waals surface area (Å²) in [6, 6.07) is 18.4. The molecule has 1 fully saturated rings. The summed E-state index contributed by atoms with van der Waals surface area (Å²) < 4.78 is 10.7. The third-order valence-corrected chi connectivity index (χ3v) is 5.84. The van der Waals surface area contributed by atoms with Gasteiger partial charge in [0.1, 0.15) is 18.4 Å². The van der Waals surface area contributed by atoms with Crippen LogP contribution in [0.15, 0.2) is 60.7 Å². The van der Waals surface area contributed by atoms with Crippen molar-refractivity contribution in [2.24, 2.45) is 0 Å². The number of hydrogen-bond donors (Lipinski definition) is 4. The van der Waals surface area contributed by atoms with Crippen molar-refractivity contribution in [3.63, 3.8) is 0 Å². The van der Waals surface area contributed by atoms with E-state index in [1.54, 1.807) is 20.8 Å². The van der Waals surface area contributed by atoms with Crippen LogP contribution in [0, 0.1) is 0 Å². The molecule has 0 saturated carbocycles. The van der Waals surface area contributed by atoms with Crippen molar-refractivity contribution < 1.29 is 33.8 Å². The molecule has 2 aromatic carbocycles. The number of aliphatic hydroxyl groups is 1. The van der Waals surface area contributed by atoms with E-state index in [4.69, 9.17) is 19.1 Å². The Hall–Kier alpha value is -3.22. The van der Waals surface area contributed by atoms with Gasteiger partial charge in [0.25, 0.3) is 0 Å². The molecular formula is C28H40N4O7. The highest BCUT2D eigenvalue weighted by Gasteiger charge is 2.38. The van der Waals surface area contributed by atoms with E-state index in [0.717, 1.165) is 11.1 Å². The molecule has 3 atom stereocenters. The summed E-state index contributed by atoms with van der Waals surface area (Å²) >= 11 is 0. The summed E-state index contributed by atoms with van der Waals surface area (Å²) in [6.45, 7) is 6.45. The third kappa shape index (κ3) is 11.2. The largest absolute Gasteiger partial charge is 0.445 e. The Morgan fingerprint density at radius 2 is 1.62 bits per heavy atom. The van der Waals surface area contributed by atoms with Crippen LogP contribution >= 0.6 is 0 Å². The minimum absolute atomic E-state index is 0.0775. The number of piperidine rings is 1. The van der Waals surface area contributed by atoms with Crippen LogP contribution in [0.3, 0.4) is 0 Å². The molecule has 1 aliphatic heterocycles. The Balaban J connectivity index is 1.42. The smallest absolute Gasteiger partial charge is 0.410 e. The summed E-state index contributed by atoms with van der Waals surface area (Å²) in [5.74, 6) is 0. The quantitative estimate of drug-likeness (QED) is 0.181. The number of rotatable bonds is 12. The highest BCUT2D eigenvalue weighted by Crippen LogP contribution is 2.23. The van der Waals surface area contributed by atoms with Gasteiger partial charge < -0.3 is 19.9 Å². The van der Waals surface area contributed by atoms with Crippen LogP contribution in [0.2, 0.25) is 0 Å². The number of carbonyl (C=O) groups excluding carboxylic acids is 2. The molecule has 1 saturated heterocycles. The number of likely N-dealkylation sites (tertiary alicyclic amines) is 1. The molecule has 0 aromatic heterocycles. The minimum Gasteiger partial charge on any atom is -0.445 e. The van der Waals surface area contributed by atoms with E-state index in [1.165, 1.54) is 4.90 Å². The van der Waals surface area contributed by atoms with Gasteiger partial charge in [0.05, 0.1) is 25.3 Å². The normalized spacial score (nSPS) is 18.3. The van der Waals surface area contributed by atoms with Crippen LogP contribution in [-0.2, 0) is 32.4 Å². The van der Waals surface area contributed by atoms with Crippen molar-refractivity contribution >= 4 is 12.2 Å². The van der Waals surface area contributed by atoms with Crippen molar-refractivity contribution in [1.29, 1.82) is 0 Å². The molecule has 0 bridgehead atoms. The Bertz CT molecular complexity index is 1000. The molecular weight excluding hydrogens is 504 g/mol. The number of aliphatic hydroxyl groups excluding tert-OH is 1. The molecule has 11 heteroatoms. The first-order chi connectivity index (χ1) is 18.7. The van der Waals surface area contributed by atoms with Crippen LogP contribution in [0.1, 0.15) is 44.7 Å². The number of ether oxygens (including phenoxy) is 2. The number of hydrogen-bond acceptors (Lipinski definition) is 9. The van der Waals surface area contributed by atoms with Gasteiger partial charge in [0, 0.05) is 13.1 Å². The van der Waals surface area contributed by atoms with Gasteiger partial charge in [-0.15, -0.1) is 0 Å². The predicted octanol–water partition coefficient (Wildman–Crippen LogP) is 3.24. The lowest BCUT2D eigenvalue weighted by molar-refractivity contribution is -0.107. The van der Waals surface area contributed by atoms with Gasteiger partial charge in [-0.05, 0) is 44.7 Å². The van der Waals surface area contributed by atoms with E-state index in [1.807, 2.05) is 60.7 Å².